The van der Waals surface area contributed by atoms with Gasteiger partial charge in [0.2, 0.25) is 10.0 Å². The van der Waals surface area contributed by atoms with Crippen LogP contribution in [0.5, 0.6) is 0 Å². The molecule has 2 aromatic rings. The molecule has 2 rings (SSSR count). The van der Waals surface area contributed by atoms with Crippen molar-refractivity contribution in [3.05, 3.63) is 57.5 Å². The summed E-state index contributed by atoms with van der Waals surface area (Å²) in [5, 5.41) is 2.78. The molecule has 23 heavy (non-hydrogen) atoms. The smallest absolute Gasteiger partial charge is 0.255 e. The SMILES string of the molecule is CN(C)S(=O)(=O)c1cc(C(=O)Nc2ccccc2Br)ccc1Cl. The number of sulfonamides is 1. The van der Waals surface area contributed by atoms with Gasteiger partial charge in [0.05, 0.1) is 10.7 Å². The molecule has 5 nitrogen and oxygen atoms in total. The van der Waals surface area contributed by atoms with Crippen LogP contribution in [-0.2, 0) is 10.0 Å². The average Bonchev–Trinajstić information content (AvgIpc) is 2.49. The molecule has 2 aromatic carbocycles. The number of nitrogens with zero attached hydrogens (tertiary/aromatic N) is 1. The van der Waals surface area contributed by atoms with E-state index in [1.165, 1.54) is 32.3 Å². The molecule has 0 atom stereocenters. The Labute approximate surface area is 148 Å². The summed E-state index contributed by atoms with van der Waals surface area (Å²) in [7, 11) is -0.928. The van der Waals surface area contributed by atoms with Crippen molar-refractivity contribution in [2.45, 2.75) is 4.90 Å². The van der Waals surface area contributed by atoms with E-state index in [0.717, 1.165) is 8.78 Å². The van der Waals surface area contributed by atoms with Crippen LogP contribution in [0.15, 0.2) is 51.8 Å². The molecular weight excluding hydrogens is 404 g/mol. The van der Waals surface area contributed by atoms with E-state index in [-0.39, 0.29) is 15.5 Å². The number of benzene rings is 2. The van der Waals surface area contributed by atoms with Gasteiger partial charge in [0.15, 0.2) is 0 Å². The van der Waals surface area contributed by atoms with Crippen LogP contribution in [0.2, 0.25) is 5.02 Å². The van der Waals surface area contributed by atoms with E-state index in [4.69, 9.17) is 11.6 Å². The molecule has 122 valence electrons. The maximum absolute atomic E-state index is 12.3. The van der Waals surface area contributed by atoms with Crippen LogP contribution in [0.25, 0.3) is 0 Å². The Morgan fingerprint density at radius 3 is 2.43 bits per heavy atom. The van der Waals surface area contributed by atoms with Gasteiger partial charge in [-0.05, 0) is 46.3 Å². The molecule has 0 aliphatic carbocycles. The van der Waals surface area contributed by atoms with E-state index in [9.17, 15) is 13.2 Å². The standard InChI is InChI=1S/C15H14BrClN2O3S/c1-19(2)23(21,22)14-9-10(7-8-12(14)17)15(20)18-13-6-4-3-5-11(13)16/h3-9H,1-2H3,(H,18,20). The van der Waals surface area contributed by atoms with Crippen LogP contribution in [0.4, 0.5) is 5.69 Å². The molecule has 8 heteroatoms. The van der Waals surface area contributed by atoms with Crippen LogP contribution in [0.1, 0.15) is 10.4 Å². The lowest BCUT2D eigenvalue weighted by Gasteiger charge is -2.14. The van der Waals surface area contributed by atoms with Crippen molar-refractivity contribution in [3.8, 4) is 0 Å². The summed E-state index contributed by atoms with van der Waals surface area (Å²) in [5.41, 5.74) is 0.787. The van der Waals surface area contributed by atoms with Crippen molar-refractivity contribution in [2.75, 3.05) is 19.4 Å². The third kappa shape index (κ3) is 3.92. The lowest BCUT2D eigenvalue weighted by molar-refractivity contribution is 0.102. The molecule has 1 amide bonds. The molecule has 1 N–H and O–H groups in total. The van der Waals surface area contributed by atoms with Gasteiger partial charge in [-0.15, -0.1) is 0 Å². The van der Waals surface area contributed by atoms with Crippen molar-refractivity contribution in [2.24, 2.45) is 0 Å². The second-order valence-corrected chi connectivity index (χ2v) is 8.25. The van der Waals surface area contributed by atoms with Crippen LogP contribution >= 0.6 is 27.5 Å². The summed E-state index contributed by atoms with van der Waals surface area (Å²) in [6, 6.07) is 11.3. The van der Waals surface area contributed by atoms with Gasteiger partial charge in [0.25, 0.3) is 5.91 Å². The maximum atomic E-state index is 12.3. The summed E-state index contributed by atoms with van der Waals surface area (Å²) >= 11 is 9.31. The third-order valence-electron chi connectivity index (χ3n) is 3.07. The van der Waals surface area contributed by atoms with Gasteiger partial charge in [-0.1, -0.05) is 23.7 Å². The summed E-state index contributed by atoms with van der Waals surface area (Å²) in [4.78, 5) is 12.2. The molecular formula is C15H14BrClN2O3S. The highest BCUT2D eigenvalue weighted by Crippen LogP contribution is 2.26. The van der Waals surface area contributed by atoms with Crippen molar-refractivity contribution < 1.29 is 13.2 Å². The van der Waals surface area contributed by atoms with Gasteiger partial charge in [-0.25, -0.2) is 12.7 Å². The third-order valence-corrected chi connectivity index (χ3v) is 6.06. The topological polar surface area (TPSA) is 66.5 Å². The lowest BCUT2D eigenvalue weighted by atomic mass is 10.2. The number of carbonyl (C=O) groups excluding carboxylic acids is 1. The van der Waals surface area contributed by atoms with Gasteiger partial charge in [0, 0.05) is 24.1 Å². The van der Waals surface area contributed by atoms with E-state index in [1.807, 2.05) is 6.07 Å². The Hall–Kier alpha value is -1.41. The van der Waals surface area contributed by atoms with Gasteiger partial charge in [-0.3, -0.25) is 4.79 Å². The fourth-order valence-corrected chi connectivity index (χ4v) is 3.57. The molecule has 0 unspecified atom stereocenters. The molecule has 0 spiro atoms. The number of rotatable bonds is 4. The van der Waals surface area contributed by atoms with Gasteiger partial charge in [0.1, 0.15) is 4.90 Å². The molecule has 0 radical (unpaired) electrons. The number of anilines is 1. The second-order valence-electron chi connectivity index (χ2n) is 4.87. The zero-order valence-corrected chi connectivity index (χ0v) is 15.5. The van der Waals surface area contributed by atoms with Crippen LogP contribution in [0, 0.1) is 0 Å². The molecule has 0 aromatic heterocycles. The number of nitrogens with one attached hydrogen (secondary N) is 1. The number of carbonyl (C=O) groups is 1. The number of para-hydroxylation sites is 1. The number of amides is 1. The highest BCUT2D eigenvalue weighted by Gasteiger charge is 2.22. The summed E-state index contributed by atoms with van der Waals surface area (Å²) in [5.74, 6) is -0.427. The summed E-state index contributed by atoms with van der Waals surface area (Å²) in [6.45, 7) is 0. The fraction of sp³-hybridized carbons (Fsp3) is 0.133. The van der Waals surface area contributed by atoms with Gasteiger partial charge < -0.3 is 5.32 Å². The first kappa shape index (κ1) is 17.9. The normalized spacial score (nSPS) is 11.5. The Morgan fingerprint density at radius 2 is 1.83 bits per heavy atom. The second kappa shape index (κ2) is 7.00. The molecule has 0 saturated heterocycles. The Morgan fingerprint density at radius 1 is 1.17 bits per heavy atom. The Kier molecular flexibility index (Phi) is 5.46. The maximum Gasteiger partial charge on any atom is 0.255 e. The van der Waals surface area contributed by atoms with Crippen molar-refractivity contribution in [1.82, 2.24) is 4.31 Å². The minimum absolute atomic E-state index is 0.0659. The zero-order valence-electron chi connectivity index (χ0n) is 12.4. The van der Waals surface area contributed by atoms with E-state index in [0.29, 0.717) is 5.69 Å². The van der Waals surface area contributed by atoms with E-state index < -0.39 is 15.9 Å². The van der Waals surface area contributed by atoms with Crippen molar-refractivity contribution in [3.63, 3.8) is 0 Å². The van der Waals surface area contributed by atoms with Crippen LogP contribution in [0.3, 0.4) is 0 Å². The number of halogens is 2. The fourth-order valence-electron chi connectivity index (χ4n) is 1.80. The first-order chi connectivity index (χ1) is 10.7. The minimum atomic E-state index is -3.73. The molecule has 0 fully saturated rings. The summed E-state index contributed by atoms with van der Waals surface area (Å²) in [6.07, 6.45) is 0. The molecule has 0 aliphatic rings. The molecule has 0 heterocycles. The van der Waals surface area contributed by atoms with Crippen LogP contribution < -0.4 is 5.32 Å². The highest BCUT2D eigenvalue weighted by atomic mass is 79.9. The van der Waals surface area contributed by atoms with E-state index in [1.54, 1.807) is 18.2 Å². The highest BCUT2D eigenvalue weighted by molar-refractivity contribution is 9.10. The Bertz CT molecular complexity index is 854. The van der Waals surface area contributed by atoms with E-state index >= 15 is 0 Å². The predicted octanol–water partition coefficient (Wildman–Crippen LogP) is 3.61. The van der Waals surface area contributed by atoms with E-state index in [2.05, 4.69) is 21.2 Å². The average molecular weight is 418 g/mol. The zero-order chi connectivity index (χ0) is 17.2. The largest absolute Gasteiger partial charge is 0.321 e. The molecule has 0 saturated carbocycles. The number of hydrogen-bond acceptors (Lipinski definition) is 3. The summed E-state index contributed by atoms with van der Waals surface area (Å²) < 4.78 is 26.3. The van der Waals surface area contributed by atoms with Gasteiger partial charge >= 0.3 is 0 Å². The Balaban J connectivity index is 2.38. The first-order valence-electron chi connectivity index (χ1n) is 6.51. The lowest BCUT2D eigenvalue weighted by Crippen LogP contribution is -2.23. The quantitative estimate of drug-likeness (QED) is 0.826. The van der Waals surface area contributed by atoms with Crippen molar-refractivity contribution in [1.29, 1.82) is 0 Å². The van der Waals surface area contributed by atoms with Crippen LogP contribution in [-0.4, -0.2) is 32.7 Å². The van der Waals surface area contributed by atoms with Gasteiger partial charge in [-0.2, -0.15) is 0 Å². The number of hydrogen-bond donors (Lipinski definition) is 1. The molecule has 0 aliphatic heterocycles. The first-order valence-corrected chi connectivity index (χ1v) is 9.12. The molecule has 0 bridgehead atoms. The predicted molar refractivity (Wildman–Crippen MR) is 94.4 cm³/mol. The minimum Gasteiger partial charge on any atom is -0.321 e. The monoisotopic (exact) mass is 416 g/mol. The van der Waals surface area contributed by atoms with Crippen molar-refractivity contribution >= 4 is 49.1 Å².